The van der Waals surface area contributed by atoms with Crippen LogP contribution in [0.2, 0.25) is 0 Å². The summed E-state index contributed by atoms with van der Waals surface area (Å²) in [6, 6.07) is 4.95. The van der Waals surface area contributed by atoms with Crippen molar-refractivity contribution in [3.05, 3.63) is 22.4 Å². The molecule has 110 valence electrons. The molecular formula is C16H30N2S. The molecular weight excluding hydrogens is 252 g/mol. The lowest BCUT2D eigenvalue weighted by atomic mass is 10.1. The molecule has 2 nitrogen and oxygen atoms in total. The van der Waals surface area contributed by atoms with Crippen molar-refractivity contribution in [2.45, 2.75) is 52.0 Å². The van der Waals surface area contributed by atoms with Gasteiger partial charge in [-0.3, -0.25) is 4.90 Å². The molecule has 0 amide bonds. The van der Waals surface area contributed by atoms with Crippen molar-refractivity contribution >= 4 is 11.3 Å². The molecule has 1 atom stereocenters. The summed E-state index contributed by atoms with van der Waals surface area (Å²) in [5, 5.41) is 5.63. The minimum absolute atomic E-state index is 0.561. The highest BCUT2D eigenvalue weighted by Gasteiger charge is 2.11. The monoisotopic (exact) mass is 282 g/mol. The third-order valence-corrected chi connectivity index (χ3v) is 4.70. The highest BCUT2D eigenvalue weighted by atomic mass is 32.1. The van der Waals surface area contributed by atoms with E-state index < -0.39 is 0 Å². The number of hydrogen-bond donors (Lipinski definition) is 1. The zero-order valence-corrected chi connectivity index (χ0v) is 13.6. The predicted octanol–water partition coefficient (Wildman–Crippen LogP) is 4.30. The molecule has 1 aromatic rings. The SMILES string of the molecule is CCCNCCCCCCN(C)C(C)c1cccs1. The first-order valence-corrected chi connectivity index (χ1v) is 8.58. The molecule has 0 aromatic carbocycles. The lowest BCUT2D eigenvalue weighted by Gasteiger charge is -2.23. The van der Waals surface area contributed by atoms with E-state index in [0.29, 0.717) is 6.04 Å². The van der Waals surface area contributed by atoms with Crippen LogP contribution in [-0.4, -0.2) is 31.6 Å². The maximum absolute atomic E-state index is 3.46. The Morgan fingerprint density at radius 1 is 1.21 bits per heavy atom. The van der Waals surface area contributed by atoms with Crippen LogP contribution in [0.15, 0.2) is 17.5 Å². The predicted molar refractivity (Wildman–Crippen MR) is 87.0 cm³/mol. The number of hydrogen-bond acceptors (Lipinski definition) is 3. The lowest BCUT2D eigenvalue weighted by Crippen LogP contribution is -2.23. The highest BCUT2D eigenvalue weighted by Crippen LogP contribution is 2.23. The normalized spacial score (nSPS) is 13.1. The van der Waals surface area contributed by atoms with E-state index in [9.17, 15) is 0 Å². The first-order chi connectivity index (χ1) is 9.25. The third kappa shape index (κ3) is 7.09. The van der Waals surface area contributed by atoms with Gasteiger partial charge in [0.05, 0.1) is 0 Å². The highest BCUT2D eigenvalue weighted by molar-refractivity contribution is 7.10. The van der Waals surface area contributed by atoms with E-state index in [1.807, 2.05) is 11.3 Å². The molecule has 0 aliphatic carbocycles. The number of nitrogens with zero attached hydrogens (tertiary/aromatic N) is 1. The van der Waals surface area contributed by atoms with Gasteiger partial charge in [-0.2, -0.15) is 0 Å². The van der Waals surface area contributed by atoms with Gasteiger partial charge in [0.2, 0.25) is 0 Å². The van der Waals surface area contributed by atoms with Crippen molar-refractivity contribution in [3.63, 3.8) is 0 Å². The molecule has 19 heavy (non-hydrogen) atoms. The maximum atomic E-state index is 3.46. The fraction of sp³-hybridized carbons (Fsp3) is 0.750. The molecule has 3 heteroatoms. The van der Waals surface area contributed by atoms with Crippen LogP contribution in [0, 0.1) is 0 Å². The third-order valence-electron chi connectivity index (χ3n) is 3.66. The van der Waals surface area contributed by atoms with Crippen LogP contribution in [0.1, 0.15) is 56.9 Å². The molecule has 1 rings (SSSR count). The Kier molecular flexibility index (Phi) is 9.14. The summed E-state index contributed by atoms with van der Waals surface area (Å²) in [6.07, 6.45) is 6.60. The van der Waals surface area contributed by atoms with Crippen LogP contribution in [-0.2, 0) is 0 Å². The summed E-state index contributed by atoms with van der Waals surface area (Å²) in [4.78, 5) is 3.95. The van der Waals surface area contributed by atoms with Crippen molar-refractivity contribution in [1.82, 2.24) is 10.2 Å². The van der Waals surface area contributed by atoms with Crippen molar-refractivity contribution < 1.29 is 0 Å². The fourth-order valence-electron chi connectivity index (χ4n) is 2.21. The molecule has 1 unspecified atom stereocenters. The summed E-state index contributed by atoms with van der Waals surface area (Å²) in [5.74, 6) is 0. The van der Waals surface area contributed by atoms with Gasteiger partial charge in [0.15, 0.2) is 0 Å². The summed E-state index contributed by atoms with van der Waals surface area (Å²) in [7, 11) is 2.24. The summed E-state index contributed by atoms with van der Waals surface area (Å²) in [6.45, 7) is 8.09. The molecule has 0 radical (unpaired) electrons. The Morgan fingerprint density at radius 2 is 2.00 bits per heavy atom. The van der Waals surface area contributed by atoms with Gasteiger partial charge >= 0.3 is 0 Å². The van der Waals surface area contributed by atoms with Gasteiger partial charge in [-0.1, -0.05) is 25.8 Å². The first kappa shape index (κ1) is 16.7. The largest absolute Gasteiger partial charge is 0.317 e. The van der Waals surface area contributed by atoms with Crippen LogP contribution in [0.3, 0.4) is 0 Å². The molecule has 1 aromatic heterocycles. The number of nitrogens with one attached hydrogen (secondary N) is 1. The Bertz CT molecular complexity index is 298. The van der Waals surface area contributed by atoms with Gasteiger partial charge in [0, 0.05) is 10.9 Å². The Morgan fingerprint density at radius 3 is 2.68 bits per heavy atom. The quantitative estimate of drug-likeness (QED) is 0.609. The second kappa shape index (κ2) is 10.4. The van der Waals surface area contributed by atoms with E-state index in [1.165, 1.54) is 56.6 Å². The topological polar surface area (TPSA) is 15.3 Å². The molecule has 0 bridgehead atoms. The van der Waals surface area contributed by atoms with Crippen LogP contribution >= 0.6 is 11.3 Å². The minimum atomic E-state index is 0.561. The fourth-order valence-corrected chi connectivity index (χ4v) is 3.05. The van der Waals surface area contributed by atoms with Crippen molar-refractivity contribution in [1.29, 1.82) is 0 Å². The Balaban J connectivity index is 2.00. The lowest BCUT2D eigenvalue weighted by molar-refractivity contribution is 0.258. The molecule has 0 fully saturated rings. The molecule has 0 spiro atoms. The zero-order chi connectivity index (χ0) is 13.9. The van der Waals surface area contributed by atoms with Gasteiger partial charge < -0.3 is 5.32 Å². The smallest absolute Gasteiger partial charge is 0.0410 e. The summed E-state index contributed by atoms with van der Waals surface area (Å²) >= 11 is 1.86. The van der Waals surface area contributed by atoms with Gasteiger partial charge in [-0.25, -0.2) is 0 Å². The van der Waals surface area contributed by atoms with Crippen LogP contribution < -0.4 is 5.32 Å². The standard InChI is InChI=1S/C16H30N2S/c1-4-11-17-12-7-5-6-8-13-18(3)15(2)16-10-9-14-19-16/h9-10,14-15,17H,4-8,11-13H2,1-3H3. The zero-order valence-electron chi connectivity index (χ0n) is 12.8. The second-order valence-corrected chi connectivity index (χ2v) is 6.32. The van der Waals surface area contributed by atoms with Gasteiger partial charge in [-0.05, 0) is 64.3 Å². The van der Waals surface area contributed by atoms with Gasteiger partial charge in [-0.15, -0.1) is 11.3 Å². The van der Waals surface area contributed by atoms with Crippen LogP contribution in [0.5, 0.6) is 0 Å². The van der Waals surface area contributed by atoms with Gasteiger partial charge in [0.25, 0.3) is 0 Å². The molecule has 0 aliphatic heterocycles. The van der Waals surface area contributed by atoms with Crippen LogP contribution in [0.25, 0.3) is 0 Å². The van der Waals surface area contributed by atoms with Crippen molar-refractivity contribution in [3.8, 4) is 0 Å². The van der Waals surface area contributed by atoms with E-state index in [1.54, 1.807) is 0 Å². The van der Waals surface area contributed by atoms with E-state index in [4.69, 9.17) is 0 Å². The number of unbranched alkanes of at least 4 members (excludes halogenated alkanes) is 3. The Labute approximate surface area is 123 Å². The van der Waals surface area contributed by atoms with E-state index >= 15 is 0 Å². The summed E-state index contributed by atoms with van der Waals surface area (Å²) < 4.78 is 0. The van der Waals surface area contributed by atoms with Crippen molar-refractivity contribution in [2.24, 2.45) is 0 Å². The Hall–Kier alpha value is -0.380. The van der Waals surface area contributed by atoms with E-state index in [0.717, 1.165) is 0 Å². The molecule has 0 aliphatic rings. The minimum Gasteiger partial charge on any atom is -0.317 e. The second-order valence-electron chi connectivity index (χ2n) is 5.34. The molecule has 0 saturated carbocycles. The molecule has 0 saturated heterocycles. The first-order valence-electron chi connectivity index (χ1n) is 7.70. The average Bonchev–Trinajstić information content (AvgIpc) is 2.94. The number of thiophene rings is 1. The van der Waals surface area contributed by atoms with Crippen LogP contribution in [0.4, 0.5) is 0 Å². The maximum Gasteiger partial charge on any atom is 0.0410 e. The number of rotatable bonds is 11. The average molecular weight is 282 g/mol. The molecule has 1 heterocycles. The van der Waals surface area contributed by atoms with E-state index in [2.05, 4.69) is 48.6 Å². The van der Waals surface area contributed by atoms with Crippen molar-refractivity contribution in [2.75, 3.05) is 26.7 Å². The van der Waals surface area contributed by atoms with Gasteiger partial charge in [0.1, 0.15) is 0 Å². The molecule has 1 N–H and O–H groups in total. The summed E-state index contributed by atoms with van der Waals surface area (Å²) in [5.41, 5.74) is 0. The van der Waals surface area contributed by atoms with E-state index in [-0.39, 0.29) is 0 Å².